The molecule has 15 heavy (non-hydrogen) atoms. The van der Waals surface area contributed by atoms with Crippen LogP contribution < -0.4 is 0 Å². The first kappa shape index (κ1) is 9.20. The Hall–Kier alpha value is -2.37. The highest BCUT2D eigenvalue weighted by atomic mass is 16.4. The summed E-state index contributed by atoms with van der Waals surface area (Å²) in [4.78, 5) is 14.9. The molecule has 0 bridgehead atoms. The van der Waals surface area contributed by atoms with Crippen molar-refractivity contribution in [3.8, 4) is 11.4 Å². The largest absolute Gasteiger partial charge is 0.478 e. The highest BCUT2D eigenvalue weighted by Crippen LogP contribution is 2.16. The number of nitrogens with zero attached hydrogens (tertiary/aromatic N) is 4. The third-order valence-corrected chi connectivity index (χ3v) is 1.78. The van der Waals surface area contributed by atoms with E-state index in [1.54, 1.807) is 24.4 Å². The predicted octanol–water partition coefficient (Wildman–Crippen LogP) is 0.632. The van der Waals surface area contributed by atoms with Gasteiger partial charge in [-0.05, 0) is 17.3 Å². The summed E-state index contributed by atoms with van der Waals surface area (Å²) < 4.78 is 0. The first-order valence-corrected chi connectivity index (χ1v) is 4.12. The molecular formula is C9H6N4O2. The molecule has 2 aromatic rings. The minimum Gasteiger partial charge on any atom is -0.478 e. The fraction of sp³-hybridized carbons (Fsp3) is 0. The quantitative estimate of drug-likeness (QED) is 0.768. The summed E-state index contributed by atoms with van der Waals surface area (Å²) in [5.74, 6) is -1.10. The van der Waals surface area contributed by atoms with E-state index in [2.05, 4.69) is 20.4 Å². The molecule has 0 radical (unpaired) electrons. The topological polar surface area (TPSA) is 88.9 Å². The van der Waals surface area contributed by atoms with Gasteiger partial charge in [-0.1, -0.05) is 6.07 Å². The van der Waals surface area contributed by atoms with Crippen molar-refractivity contribution < 1.29 is 9.90 Å². The zero-order valence-corrected chi connectivity index (χ0v) is 7.53. The van der Waals surface area contributed by atoms with E-state index in [1.807, 2.05) is 0 Å². The molecule has 6 heteroatoms. The van der Waals surface area contributed by atoms with Crippen LogP contribution in [0.25, 0.3) is 11.4 Å². The van der Waals surface area contributed by atoms with Crippen LogP contribution >= 0.6 is 0 Å². The first-order valence-electron chi connectivity index (χ1n) is 4.12. The Morgan fingerprint density at radius 3 is 2.87 bits per heavy atom. The Balaban J connectivity index is 2.58. The van der Waals surface area contributed by atoms with E-state index in [4.69, 9.17) is 5.11 Å². The van der Waals surface area contributed by atoms with Gasteiger partial charge in [0.15, 0.2) is 0 Å². The Kier molecular flexibility index (Phi) is 2.32. The van der Waals surface area contributed by atoms with Gasteiger partial charge in [0.2, 0.25) is 0 Å². The molecule has 2 heterocycles. The molecular weight excluding hydrogens is 196 g/mol. The Bertz CT molecular complexity index is 486. The fourth-order valence-electron chi connectivity index (χ4n) is 1.12. The number of rotatable bonds is 2. The molecule has 0 atom stereocenters. The highest BCUT2D eigenvalue weighted by Gasteiger charge is 2.14. The standard InChI is InChI=1S/C9H6N4O2/c14-9(15)6-5-11-13-12-8(6)7-3-1-2-4-10-7/h1-5H,(H,14,15). The summed E-state index contributed by atoms with van der Waals surface area (Å²) >= 11 is 0. The molecule has 0 amide bonds. The maximum atomic E-state index is 10.9. The van der Waals surface area contributed by atoms with Crippen LogP contribution in [0.15, 0.2) is 30.6 Å². The Labute approximate surface area is 84.6 Å². The van der Waals surface area contributed by atoms with Gasteiger partial charge in [-0.2, -0.15) is 0 Å². The Morgan fingerprint density at radius 1 is 1.33 bits per heavy atom. The predicted molar refractivity (Wildman–Crippen MR) is 50.0 cm³/mol. The van der Waals surface area contributed by atoms with E-state index >= 15 is 0 Å². The van der Waals surface area contributed by atoms with Gasteiger partial charge in [0.25, 0.3) is 0 Å². The molecule has 6 nitrogen and oxygen atoms in total. The van der Waals surface area contributed by atoms with Crippen LogP contribution in [0.4, 0.5) is 0 Å². The number of carboxylic acids is 1. The smallest absolute Gasteiger partial charge is 0.339 e. The van der Waals surface area contributed by atoms with Crippen molar-refractivity contribution in [1.29, 1.82) is 0 Å². The van der Waals surface area contributed by atoms with Crippen LogP contribution in [-0.4, -0.2) is 31.5 Å². The minimum atomic E-state index is -1.10. The monoisotopic (exact) mass is 202 g/mol. The molecule has 0 unspecified atom stereocenters. The molecule has 2 rings (SSSR count). The van der Waals surface area contributed by atoms with Crippen molar-refractivity contribution >= 4 is 5.97 Å². The van der Waals surface area contributed by atoms with Gasteiger partial charge in [0.05, 0.1) is 11.9 Å². The van der Waals surface area contributed by atoms with Crippen LogP contribution in [0.3, 0.4) is 0 Å². The number of hydrogen-bond donors (Lipinski definition) is 1. The number of pyridine rings is 1. The molecule has 1 N–H and O–H groups in total. The molecule has 0 aromatic carbocycles. The van der Waals surface area contributed by atoms with Crippen LogP contribution in [0.2, 0.25) is 0 Å². The summed E-state index contributed by atoms with van der Waals surface area (Å²) in [6.45, 7) is 0. The fourth-order valence-corrected chi connectivity index (χ4v) is 1.12. The van der Waals surface area contributed by atoms with Gasteiger partial charge in [0, 0.05) is 6.20 Å². The van der Waals surface area contributed by atoms with E-state index in [0.29, 0.717) is 5.69 Å². The summed E-state index contributed by atoms with van der Waals surface area (Å²) in [5.41, 5.74) is 0.673. The van der Waals surface area contributed by atoms with Crippen molar-refractivity contribution in [3.63, 3.8) is 0 Å². The van der Waals surface area contributed by atoms with Gasteiger partial charge in [-0.25, -0.2) is 4.79 Å². The zero-order chi connectivity index (χ0) is 10.7. The maximum Gasteiger partial charge on any atom is 0.339 e. The van der Waals surface area contributed by atoms with E-state index in [-0.39, 0.29) is 11.3 Å². The Morgan fingerprint density at radius 2 is 2.20 bits per heavy atom. The van der Waals surface area contributed by atoms with Crippen molar-refractivity contribution in [1.82, 2.24) is 20.4 Å². The lowest BCUT2D eigenvalue weighted by molar-refractivity contribution is 0.0696. The van der Waals surface area contributed by atoms with Crippen LogP contribution in [0.1, 0.15) is 10.4 Å². The molecule has 0 aliphatic carbocycles. The molecule has 0 aliphatic rings. The second kappa shape index (κ2) is 3.79. The normalized spacial score (nSPS) is 9.87. The molecule has 0 saturated carbocycles. The van der Waals surface area contributed by atoms with Gasteiger partial charge >= 0.3 is 5.97 Å². The third-order valence-electron chi connectivity index (χ3n) is 1.78. The number of aromatic nitrogens is 4. The number of aromatic carboxylic acids is 1. The van der Waals surface area contributed by atoms with Gasteiger partial charge in [0.1, 0.15) is 11.3 Å². The molecule has 0 spiro atoms. The summed E-state index contributed by atoms with van der Waals surface area (Å²) in [6, 6.07) is 5.14. The van der Waals surface area contributed by atoms with Crippen molar-refractivity contribution in [2.45, 2.75) is 0 Å². The second-order valence-corrected chi connectivity index (χ2v) is 2.72. The number of carbonyl (C=O) groups is 1. The number of hydrogen-bond acceptors (Lipinski definition) is 5. The lowest BCUT2D eigenvalue weighted by Gasteiger charge is -2.00. The average molecular weight is 202 g/mol. The lowest BCUT2D eigenvalue weighted by Crippen LogP contribution is -2.05. The van der Waals surface area contributed by atoms with E-state index < -0.39 is 5.97 Å². The molecule has 2 aromatic heterocycles. The highest BCUT2D eigenvalue weighted by molar-refractivity contribution is 5.93. The first-order chi connectivity index (χ1) is 7.29. The molecule has 0 saturated heterocycles. The maximum absolute atomic E-state index is 10.9. The van der Waals surface area contributed by atoms with Crippen LogP contribution in [-0.2, 0) is 0 Å². The van der Waals surface area contributed by atoms with E-state index in [0.717, 1.165) is 6.20 Å². The minimum absolute atomic E-state index is 0.0105. The second-order valence-electron chi connectivity index (χ2n) is 2.72. The van der Waals surface area contributed by atoms with Crippen molar-refractivity contribution in [2.24, 2.45) is 0 Å². The third kappa shape index (κ3) is 1.78. The van der Waals surface area contributed by atoms with Crippen molar-refractivity contribution in [3.05, 3.63) is 36.2 Å². The van der Waals surface area contributed by atoms with Crippen LogP contribution in [0.5, 0.6) is 0 Å². The van der Waals surface area contributed by atoms with Gasteiger partial charge < -0.3 is 5.11 Å². The summed E-state index contributed by atoms with van der Waals surface area (Å²) in [6.07, 6.45) is 2.71. The average Bonchev–Trinajstić information content (AvgIpc) is 2.30. The molecule has 0 aliphatic heterocycles. The van der Waals surface area contributed by atoms with Gasteiger partial charge in [-0.3, -0.25) is 4.98 Å². The van der Waals surface area contributed by atoms with Crippen LogP contribution in [0, 0.1) is 0 Å². The number of carboxylic acid groups (broad SMARTS) is 1. The zero-order valence-electron chi connectivity index (χ0n) is 7.53. The molecule has 0 fully saturated rings. The lowest BCUT2D eigenvalue weighted by atomic mass is 10.2. The summed E-state index contributed by atoms with van der Waals surface area (Å²) in [7, 11) is 0. The SMILES string of the molecule is O=C(O)c1cnnnc1-c1ccccn1. The van der Waals surface area contributed by atoms with E-state index in [1.165, 1.54) is 0 Å². The van der Waals surface area contributed by atoms with Gasteiger partial charge in [-0.15, -0.1) is 10.2 Å². The van der Waals surface area contributed by atoms with E-state index in [9.17, 15) is 4.79 Å². The van der Waals surface area contributed by atoms with Crippen molar-refractivity contribution in [2.75, 3.05) is 0 Å². The molecule has 74 valence electrons. The summed E-state index contributed by atoms with van der Waals surface area (Å²) in [5, 5.41) is 19.4.